The largest absolute Gasteiger partial charge is 0.460 e. The summed E-state index contributed by atoms with van der Waals surface area (Å²) < 4.78 is 12.2. The van der Waals surface area contributed by atoms with Crippen molar-refractivity contribution in [2.24, 2.45) is 5.92 Å². The van der Waals surface area contributed by atoms with Gasteiger partial charge >= 0.3 is 13.1 Å². The SMILES string of the molecule is CC(CCc1ccccc1)C(=O)ON1C(=O)c2ccccc2C1=O.C[C@H](CCc1ccccc1)B1OC(C)(C)C(C)(C)O1. The zero-order valence-electron chi connectivity index (χ0n) is 26.0. The second-order valence-electron chi connectivity index (χ2n) is 12.4. The standard InChI is InChI=1S/C19H17NO4.C16H25BO2/c1-13(11-12-14-7-3-2-4-8-14)19(23)24-20-17(21)15-9-5-6-10-16(15)18(20)22;1-13(11-12-14-9-7-6-8-10-14)17-18-15(2,3)16(4,5)19-17/h2-10,13H,11-12H2,1H3;6-10,13H,11-12H2,1-5H3/t;13-/m.1/s1. The Bertz CT molecular complexity index is 1360. The summed E-state index contributed by atoms with van der Waals surface area (Å²) in [7, 11) is -0.0892. The molecule has 1 unspecified atom stereocenters. The highest BCUT2D eigenvalue weighted by Crippen LogP contribution is 2.40. The van der Waals surface area contributed by atoms with Crippen molar-refractivity contribution in [2.45, 2.75) is 84.2 Å². The molecule has 7 nitrogen and oxygen atoms in total. The van der Waals surface area contributed by atoms with Crippen molar-refractivity contribution in [2.75, 3.05) is 0 Å². The van der Waals surface area contributed by atoms with E-state index < -0.39 is 23.7 Å². The van der Waals surface area contributed by atoms with E-state index in [0.29, 0.717) is 17.3 Å². The third-order valence-electron chi connectivity index (χ3n) is 8.52. The lowest BCUT2D eigenvalue weighted by Gasteiger charge is -2.32. The maximum atomic E-state index is 12.2. The van der Waals surface area contributed by atoms with E-state index in [1.54, 1.807) is 31.2 Å². The van der Waals surface area contributed by atoms with Crippen LogP contribution in [0.15, 0.2) is 84.9 Å². The lowest BCUT2D eigenvalue weighted by Crippen LogP contribution is -2.41. The van der Waals surface area contributed by atoms with Crippen LogP contribution in [0, 0.1) is 5.92 Å². The lowest BCUT2D eigenvalue weighted by atomic mass is 9.70. The summed E-state index contributed by atoms with van der Waals surface area (Å²) in [6, 6.07) is 26.8. The van der Waals surface area contributed by atoms with Crippen LogP contribution in [0.4, 0.5) is 0 Å². The lowest BCUT2D eigenvalue weighted by molar-refractivity contribution is -0.173. The maximum absolute atomic E-state index is 12.2. The predicted molar refractivity (Wildman–Crippen MR) is 167 cm³/mol. The van der Waals surface area contributed by atoms with Gasteiger partial charge in [-0.15, -0.1) is 0 Å². The summed E-state index contributed by atoms with van der Waals surface area (Å²) in [5.41, 5.74) is 2.57. The van der Waals surface area contributed by atoms with Gasteiger partial charge in [0.15, 0.2) is 0 Å². The number of fused-ring (bicyclic) bond motifs is 1. The summed E-state index contributed by atoms with van der Waals surface area (Å²) in [6.07, 6.45) is 3.46. The van der Waals surface area contributed by atoms with E-state index in [0.717, 1.165) is 24.8 Å². The Labute approximate surface area is 255 Å². The molecule has 226 valence electrons. The van der Waals surface area contributed by atoms with Gasteiger partial charge in [-0.1, -0.05) is 91.7 Å². The molecule has 0 saturated carbocycles. The third-order valence-corrected chi connectivity index (χ3v) is 8.52. The van der Waals surface area contributed by atoms with E-state index in [9.17, 15) is 14.4 Å². The van der Waals surface area contributed by atoms with Crippen LogP contribution in [0.25, 0.3) is 0 Å². The second-order valence-corrected chi connectivity index (χ2v) is 12.4. The number of benzene rings is 3. The van der Waals surface area contributed by atoms with Crippen molar-refractivity contribution in [3.63, 3.8) is 0 Å². The molecule has 8 heteroatoms. The summed E-state index contributed by atoms with van der Waals surface area (Å²) >= 11 is 0. The first kappa shape index (κ1) is 32.2. The van der Waals surface area contributed by atoms with Gasteiger partial charge in [0.1, 0.15) is 0 Å². The normalized spacial score (nSPS) is 18.0. The van der Waals surface area contributed by atoms with Gasteiger partial charge < -0.3 is 14.1 Å². The van der Waals surface area contributed by atoms with E-state index in [4.69, 9.17) is 14.1 Å². The molecule has 2 aliphatic heterocycles. The molecule has 0 spiro atoms. The predicted octanol–water partition coefficient (Wildman–Crippen LogP) is 7.11. The monoisotopic (exact) mass is 583 g/mol. The average molecular weight is 584 g/mol. The summed E-state index contributed by atoms with van der Waals surface area (Å²) in [6.45, 7) is 12.4. The van der Waals surface area contributed by atoms with E-state index in [-0.39, 0.29) is 29.4 Å². The summed E-state index contributed by atoms with van der Waals surface area (Å²) in [4.78, 5) is 41.6. The minimum absolute atomic E-state index is 0.0892. The number of carbonyl (C=O) groups is 3. The van der Waals surface area contributed by atoms with Crippen LogP contribution in [0.1, 0.15) is 86.2 Å². The van der Waals surface area contributed by atoms with Gasteiger partial charge in [0.2, 0.25) is 0 Å². The molecule has 0 N–H and O–H groups in total. The molecule has 2 amide bonds. The number of hydrogen-bond donors (Lipinski definition) is 0. The molecule has 2 atom stereocenters. The van der Waals surface area contributed by atoms with Crippen LogP contribution >= 0.6 is 0 Å². The molecular weight excluding hydrogens is 541 g/mol. The van der Waals surface area contributed by atoms with Crippen LogP contribution in [0.2, 0.25) is 5.82 Å². The highest BCUT2D eigenvalue weighted by molar-refractivity contribution is 6.47. The highest BCUT2D eigenvalue weighted by Gasteiger charge is 2.52. The Hall–Kier alpha value is -3.75. The first-order valence-corrected chi connectivity index (χ1v) is 15.0. The fourth-order valence-electron chi connectivity index (χ4n) is 4.87. The zero-order valence-corrected chi connectivity index (χ0v) is 26.0. The van der Waals surface area contributed by atoms with Crippen molar-refractivity contribution >= 4 is 24.9 Å². The van der Waals surface area contributed by atoms with Crippen LogP contribution < -0.4 is 0 Å². The Morgan fingerprint density at radius 3 is 1.60 bits per heavy atom. The number of hydroxylamine groups is 2. The van der Waals surface area contributed by atoms with E-state index in [1.807, 2.05) is 30.3 Å². The molecule has 5 rings (SSSR count). The number of nitrogens with zero attached hydrogens (tertiary/aromatic N) is 1. The van der Waals surface area contributed by atoms with E-state index in [2.05, 4.69) is 65.0 Å². The number of hydrogen-bond acceptors (Lipinski definition) is 6. The van der Waals surface area contributed by atoms with Gasteiger partial charge in [-0.2, -0.15) is 0 Å². The van der Waals surface area contributed by atoms with Gasteiger partial charge in [-0.05, 0) is 82.5 Å². The molecule has 0 aliphatic carbocycles. The van der Waals surface area contributed by atoms with Gasteiger partial charge in [-0.25, -0.2) is 4.79 Å². The van der Waals surface area contributed by atoms with Gasteiger partial charge in [0.05, 0.1) is 28.2 Å². The molecule has 0 aromatic heterocycles. The number of carbonyl (C=O) groups excluding carboxylic acids is 3. The van der Waals surface area contributed by atoms with Crippen molar-refractivity contribution in [3.8, 4) is 0 Å². The molecular formula is C35H42BNO6. The topological polar surface area (TPSA) is 82.1 Å². The molecule has 3 aromatic carbocycles. The smallest absolute Gasteiger partial charge is 0.403 e. The van der Waals surface area contributed by atoms with E-state index >= 15 is 0 Å². The molecule has 2 aliphatic rings. The van der Waals surface area contributed by atoms with Crippen LogP contribution in [-0.4, -0.2) is 41.2 Å². The minimum Gasteiger partial charge on any atom is -0.403 e. The molecule has 1 saturated heterocycles. The first-order valence-electron chi connectivity index (χ1n) is 15.0. The summed E-state index contributed by atoms with van der Waals surface area (Å²) in [5, 5.41) is 0.562. The number of rotatable bonds is 9. The maximum Gasteiger partial charge on any atom is 0.460 e. The highest BCUT2D eigenvalue weighted by atomic mass is 16.7. The van der Waals surface area contributed by atoms with Gasteiger partial charge in [0.25, 0.3) is 11.8 Å². The molecule has 3 aromatic rings. The fourth-order valence-corrected chi connectivity index (χ4v) is 4.87. The number of aryl methyl sites for hydroxylation is 2. The molecule has 2 heterocycles. The van der Waals surface area contributed by atoms with Crippen LogP contribution in [-0.2, 0) is 31.8 Å². The van der Waals surface area contributed by atoms with Crippen molar-refractivity contribution in [1.82, 2.24) is 5.06 Å². The van der Waals surface area contributed by atoms with Gasteiger partial charge in [-0.3, -0.25) is 9.59 Å². The number of amides is 2. The second kappa shape index (κ2) is 13.7. The van der Waals surface area contributed by atoms with Crippen molar-refractivity contribution in [3.05, 3.63) is 107 Å². The Kier molecular flexibility index (Phi) is 10.3. The van der Waals surface area contributed by atoms with E-state index in [1.165, 1.54) is 5.56 Å². The molecule has 1 fully saturated rings. The van der Waals surface area contributed by atoms with Crippen LogP contribution in [0.3, 0.4) is 0 Å². The Balaban J connectivity index is 0.000000203. The quantitative estimate of drug-likeness (QED) is 0.197. The average Bonchev–Trinajstić information content (AvgIpc) is 3.38. The number of imide groups is 1. The Morgan fingerprint density at radius 1 is 0.721 bits per heavy atom. The van der Waals surface area contributed by atoms with Crippen molar-refractivity contribution in [1.29, 1.82) is 0 Å². The Morgan fingerprint density at radius 2 is 1.14 bits per heavy atom. The molecule has 0 bridgehead atoms. The van der Waals surface area contributed by atoms with Gasteiger partial charge in [0, 0.05) is 0 Å². The zero-order chi connectivity index (χ0) is 31.2. The fraction of sp³-hybridized carbons (Fsp3) is 0.400. The molecule has 0 radical (unpaired) electrons. The molecule has 43 heavy (non-hydrogen) atoms. The third kappa shape index (κ3) is 7.81. The van der Waals surface area contributed by atoms with Crippen molar-refractivity contribution < 1.29 is 28.5 Å². The summed E-state index contributed by atoms with van der Waals surface area (Å²) in [5.74, 6) is -1.80. The first-order chi connectivity index (χ1) is 20.4. The van der Waals surface area contributed by atoms with Crippen LogP contribution in [0.5, 0.6) is 0 Å². The minimum atomic E-state index is -0.598.